The number of hydrogen-bond acceptors (Lipinski definition) is 12. The van der Waals surface area contributed by atoms with Gasteiger partial charge in [0.2, 0.25) is 6.17 Å². The number of amidine groups is 1. The highest BCUT2D eigenvalue weighted by Gasteiger charge is 2.45. The van der Waals surface area contributed by atoms with Crippen molar-refractivity contribution in [3.8, 4) is 0 Å². The maximum atomic E-state index is 15.2. The van der Waals surface area contributed by atoms with Gasteiger partial charge < -0.3 is 30.7 Å². The van der Waals surface area contributed by atoms with Crippen molar-refractivity contribution in [3.05, 3.63) is 35.9 Å². The first kappa shape index (κ1) is 47.1. The van der Waals surface area contributed by atoms with Gasteiger partial charge in [-0.25, -0.2) is 24.2 Å². The van der Waals surface area contributed by atoms with Gasteiger partial charge in [0, 0.05) is 6.54 Å². The molecule has 55 heavy (non-hydrogen) atoms. The fourth-order valence-electron chi connectivity index (χ4n) is 5.72. The van der Waals surface area contributed by atoms with E-state index in [0.29, 0.717) is 29.8 Å². The molecule has 3 amide bonds. The van der Waals surface area contributed by atoms with Crippen LogP contribution in [0, 0.1) is 5.41 Å². The number of imide groups is 1. The predicted octanol–water partition coefficient (Wildman–Crippen LogP) is 7.04. The van der Waals surface area contributed by atoms with Gasteiger partial charge in [0.1, 0.15) is 22.6 Å². The van der Waals surface area contributed by atoms with Crippen molar-refractivity contribution in [3.63, 3.8) is 0 Å². The average molecular weight is 772 g/mol. The summed E-state index contributed by atoms with van der Waals surface area (Å²) in [6.07, 6.45) is 5.11. The zero-order valence-corrected chi connectivity index (χ0v) is 34.9. The van der Waals surface area contributed by atoms with E-state index in [4.69, 9.17) is 25.4 Å². The van der Waals surface area contributed by atoms with E-state index >= 15 is 4.79 Å². The summed E-state index contributed by atoms with van der Waals surface area (Å²) in [6.45, 7) is 17.0. The van der Waals surface area contributed by atoms with Crippen molar-refractivity contribution in [2.45, 2.75) is 169 Å². The molecular weight excluding hydrogens is 702 g/mol. The van der Waals surface area contributed by atoms with Crippen LogP contribution in [0.3, 0.4) is 0 Å². The molecule has 0 saturated heterocycles. The Bertz CT molecular complexity index is 1410. The van der Waals surface area contributed by atoms with Crippen LogP contribution in [-0.2, 0) is 30.3 Å². The van der Waals surface area contributed by atoms with Gasteiger partial charge in [-0.1, -0.05) is 68.9 Å². The third kappa shape index (κ3) is 18.9. The van der Waals surface area contributed by atoms with Crippen molar-refractivity contribution in [2.24, 2.45) is 10.7 Å². The first-order valence-corrected chi connectivity index (χ1v) is 19.9. The number of aliphatic imine (C=N–C) groups is 1. The van der Waals surface area contributed by atoms with Gasteiger partial charge in [-0.05, 0) is 120 Å². The minimum Gasteiger partial charge on any atom is -0.457 e. The molecule has 1 aromatic carbocycles. The number of nitrogens with zero attached hydrogens (tertiary/aromatic N) is 3. The molecule has 14 nitrogen and oxygen atoms in total. The number of ether oxygens (including phenoxy) is 3. The number of carbonyl (C=O) groups excluding carboxylic acids is 4. The van der Waals surface area contributed by atoms with Crippen LogP contribution >= 0.6 is 0 Å². The van der Waals surface area contributed by atoms with Crippen molar-refractivity contribution in [1.82, 2.24) is 20.4 Å². The van der Waals surface area contributed by atoms with Crippen LogP contribution in [0.1, 0.15) is 139 Å². The molecule has 1 aliphatic heterocycles. The summed E-state index contributed by atoms with van der Waals surface area (Å²) in [6, 6.07) is 7.88. The van der Waals surface area contributed by atoms with E-state index in [9.17, 15) is 14.4 Å². The fourth-order valence-corrected chi connectivity index (χ4v) is 5.72. The highest BCUT2D eigenvalue weighted by atomic mass is 16.6. The van der Waals surface area contributed by atoms with E-state index < -0.39 is 53.2 Å². The molecule has 0 spiro atoms. The molecule has 0 aliphatic carbocycles. The summed E-state index contributed by atoms with van der Waals surface area (Å²) in [5.74, 6) is -2.16. The quantitative estimate of drug-likeness (QED) is 0.183. The molecule has 0 saturated carbocycles. The number of nitrogens with one attached hydrogen (secondary N) is 3. The van der Waals surface area contributed by atoms with Crippen LogP contribution < -0.4 is 16.4 Å². The third-order valence-corrected chi connectivity index (χ3v) is 8.26. The number of carbonyl (C=O) groups is 4. The summed E-state index contributed by atoms with van der Waals surface area (Å²) < 4.78 is 17.3. The van der Waals surface area contributed by atoms with Crippen LogP contribution in [0.5, 0.6) is 0 Å². The Hall–Kier alpha value is -4.04. The Morgan fingerprint density at radius 3 is 1.78 bits per heavy atom. The molecule has 0 bridgehead atoms. The van der Waals surface area contributed by atoms with Gasteiger partial charge in [-0.3, -0.25) is 10.2 Å². The summed E-state index contributed by atoms with van der Waals surface area (Å²) in [5.41, 5.74) is 3.87. The fraction of sp³-hybridized carbons (Fsp3) is 0.707. The SMILES string of the molecule is CC(C)(C)OC(=O)C1NCCCCCCCCNCCCCCCC(=N)C(N)=NC(C(=O)OC(C)(C)C)N(C(=O)OC(C)(C)C)C(=O)N1Cc1ccccc1. The highest BCUT2D eigenvalue weighted by Crippen LogP contribution is 2.23. The van der Waals surface area contributed by atoms with E-state index in [1.54, 1.807) is 86.6 Å². The van der Waals surface area contributed by atoms with E-state index in [-0.39, 0.29) is 24.5 Å². The molecule has 1 aromatic rings. The second-order valence-electron chi connectivity index (χ2n) is 17.1. The molecule has 0 radical (unpaired) electrons. The average Bonchev–Trinajstić information content (AvgIpc) is 3.06. The second kappa shape index (κ2) is 22.5. The van der Waals surface area contributed by atoms with Gasteiger partial charge in [-0.2, -0.15) is 4.90 Å². The largest absolute Gasteiger partial charge is 0.457 e. The monoisotopic (exact) mass is 772 g/mol. The Morgan fingerprint density at radius 2 is 1.24 bits per heavy atom. The number of hydrogen-bond donors (Lipinski definition) is 4. The summed E-state index contributed by atoms with van der Waals surface area (Å²) >= 11 is 0. The first-order chi connectivity index (χ1) is 25.7. The zero-order valence-electron chi connectivity index (χ0n) is 34.9. The van der Waals surface area contributed by atoms with Gasteiger partial charge in [0.25, 0.3) is 0 Å². The van der Waals surface area contributed by atoms with Gasteiger partial charge in [0.05, 0.1) is 5.71 Å². The Balaban J connectivity index is 2.80. The third-order valence-electron chi connectivity index (χ3n) is 8.26. The molecule has 5 N–H and O–H groups in total. The lowest BCUT2D eigenvalue weighted by Crippen LogP contribution is -2.62. The van der Waals surface area contributed by atoms with E-state index in [1.807, 2.05) is 6.07 Å². The molecule has 2 unspecified atom stereocenters. The molecule has 2 atom stereocenters. The van der Waals surface area contributed by atoms with Crippen molar-refractivity contribution >= 4 is 35.6 Å². The molecule has 1 heterocycles. The highest BCUT2D eigenvalue weighted by molar-refractivity contribution is 6.39. The lowest BCUT2D eigenvalue weighted by Gasteiger charge is -2.38. The maximum Gasteiger partial charge on any atom is 0.420 e. The lowest BCUT2D eigenvalue weighted by molar-refractivity contribution is -0.162. The number of urea groups is 1. The van der Waals surface area contributed by atoms with E-state index in [1.165, 1.54) is 0 Å². The Kier molecular flexibility index (Phi) is 19.3. The first-order valence-electron chi connectivity index (χ1n) is 19.9. The van der Waals surface area contributed by atoms with Crippen LogP contribution in [0.2, 0.25) is 0 Å². The summed E-state index contributed by atoms with van der Waals surface area (Å²) in [7, 11) is 0. The van der Waals surface area contributed by atoms with Crippen LogP contribution in [0.15, 0.2) is 35.3 Å². The minimum absolute atomic E-state index is 0.0489. The van der Waals surface area contributed by atoms with Crippen LogP contribution in [-0.4, -0.2) is 94.2 Å². The minimum atomic E-state index is -2.00. The molecule has 310 valence electrons. The van der Waals surface area contributed by atoms with E-state index in [0.717, 1.165) is 69.4 Å². The van der Waals surface area contributed by atoms with Crippen molar-refractivity contribution < 1.29 is 33.4 Å². The summed E-state index contributed by atoms with van der Waals surface area (Å²) in [5, 5.41) is 15.5. The van der Waals surface area contributed by atoms with Crippen molar-refractivity contribution in [1.29, 1.82) is 5.41 Å². The predicted molar refractivity (Wildman–Crippen MR) is 216 cm³/mol. The maximum absolute atomic E-state index is 15.2. The molecule has 1 aliphatic rings. The molecule has 2 rings (SSSR count). The van der Waals surface area contributed by atoms with Crippen molar-refractivity contribution in [2.75, 3.05) is 19.6 Å². The lowest BCUT2D eigenvalue weighted by atomic mass is 10.1. The summed E-state index contributed by atoms with van der Waals surface area (Å²) in [4.78, 5) is 63.6. The topological polar surface area (TPSA) is 189 Å². The standard InChI is InChI=1S/C41H69N7O7/c1-39(2,3)53-35(49)33-45-28-22-14-11-10-13-20-26-44-27-21-15-12-19-25-31(42)32(43)46-34(36(50)54-40(4,5)6)48(38(52)55-41(7,8)9)37(51)47(33)29-30-23-17-16-18-24-30/h16-18,23-24,33-34,42,44-45H,10-15,19-22,25-29H2,1-9H3,(H2,43,46). The van der Waals surface area contributed by atoms with Gasteiger partial charge in [0.15, 0.2) is 6.17 Å². The number of amides is 3. The number of nitrogens with two attached hydrogens (primary N) is 1. The van der Waals surface area contributed by atoms with Gasteiger partial charge >= 0.3 is 24.1 Å². The number of esters is 2. The van der Waals surface area contributed by atoms with Crippen LogP contribution in [0.25, 0.3) is 0 Å². The smallest absolute Gasteiger partial charge is 0.420 e. The number of benzene rings is 1. The molecule has 14 heteroatoms. The molecule has 0 aromatic heterocycles. The zero-order chi connectivity index (χ0) is 41.2. The Labute approximate surface area is 329 Å². The van der Waals surface area contributed by atoms with Gasteiger partial charge in [-0.15, -0.1) is 0 Å². The second-order valence-corrected chi connectivity index (χ2v) is 17.1. The van der Waals surface area contributed by atoms with Crippen LogP contribution in [0.4, 0.5) is 9.59 Å². The number of rotatable bonds is 4. The Morgan fingerprint density at radius 1 is 0.745 bits per heavy atom. The van der Waals surface area contributed by atoms with E-state index in [2.05, 4.69) is 15.6 Å². The molecule has 0 fully saturated rings. The molecular formula is C41H69N7O7. The normalized spacial score (nSPS) is 20.5.